The molecule has 11 heteroatoms. The second-order valence-electron chi connectivity index (χ2n) is 10.6. The van der Waals surface area contributed by atoms with E-state index in [1.165, 1.54) is 12.1 Å². The van der Waals surface area contributed by atoms with E-state index >= 15 is 0 Å². The molecule has 1 amide bonds. The van der Waals surface area contributed by atoms with Gasteiger partial charge in [-0.25, -0.2) is 9.37 Å². The number of nitrogens with zero attached hydrogens (tertiary/aromatic N) is 5. The summed E-state index contributed by atoms with van der Waals surface area (Å²) in [6, 6.07) is 12.2. The lowest BCUT2D eigenvalue weighted by molar-refractivity contribution is -0.119. The number of nitrogens with one attached hydrogen (secondary N) is 3. The number of fused-ring (bicyclic) bond motifs is 2. The molecule has 0 unspecified atom stereocenters. The lowest BCUT2D eigenvalue weighted by Gasteiger charge is -2.11. The molecule has 42 heavy (non-hydrogen) atoms. The number of nitroso groups, excluding NO2 is 1. The Kier molecular flexibility index (Phi) is 6.46. The molecular weight excluding hydrogens is 535 g/mol. The number of benzene rings is 2. The Morgan fingerprint density at radius 1 is 0.952 bits per heavy atom. The van der Waals surface area contributed by atoms with E-state index in [-0.39, 0.29) is 18.4 Å². The van der Waals surface area contributed by atoms with Crippen molar-refractivity contribution in [1.82, 2.24) is 30.1 Å². The van der Waals surface area contributed by atoms with Crippen molar-refractivity contribution in [3.8, 4) is 33.8 Å². The summed E-state index contributed by atoms with van der Waals surface area (Å²) in [5.41, 5.74) is 6.74. The summed E-state index contributed by atoms with van der Waals surface area (Å²) in [6.07, 6.45) is 10.7. The monoisotopic (exact) mass is 560 g/mol. The number of hydrogen-bond donors (Lipinski definition) is 3. The molecule has 0 spiro atoms. The number of amides is 1. The number of imidazole rings is 1. The molecule has 2 aromatic carbocycles. The van der Waals surface area contributed by atoms with Crippen LogP contribution in [0.15, 0.2) is 72.4 Å². The largest absolute Gasteiger partial charge is 0.335 e. The average Bonchev–Trinajstić information content (AvgIpc) is 3.76. The predicted octanol–water partition coefficient (Wildman–Crippen LogP) is 6.76. The van der Waals surface area contributed by atoms with Crippen molar-refractivity contribution < 1.29 is 9.18 Å². The predicted molar refractivity (Wildman–Crippen MR) is 158 cm³/mol. The van der Waals surface area contributed by atoms with Crippen LogP contribution in [0.3, 0.4) is 0 Å². The van der Waals surface area contributed by atoms with E-state index in [0.717, 1.165) is 47.7 Å². The number of aromatic nitrogens is 6. The standard InChI is InChI=1S/C31H25FN8O2/c32-22-8-17(12-35-42)7-20(9-22)25-15-34-16-27-28(25)38-30(37-27)29-24-11-19(5-6-26(24)39-40-29)21-10-23(14-33-13-21)36-31(41)18-3-1-2-4-18/h5-11,13-16,18H,1-4,12H2,(H,36,41)(H,37,38)(H,39,40). The summed E-state index contributed by atoms with van der Waals surface area (Å²) in [5, 5.41) is 14.3. The van der Waals surface area contributed by atoms with Gasteiger partial charge in [-0.05, 0) is 65.9 Å². The third-order valence-corrected chi connectivity index (χ3v) is 7.76. The lowest BCUT2D eigenvalue weighted by Crippen LogP contribution is -2.20. The zero-order valence-corrected chi connectivity index (χ0v) is 22.4. The van der Waals surface area contributed by atoms with Crippen LogP contribution >= 0.6 is 0 Å². The summed E-state index contributed by atoms with van der Waals surface area (Å²) in [4.78, 5) is 40.2. The van der Waals surface area contributed by atoms with Gasteiger partial charge in [-0.15, -0.1) is 0 Å². The quantitative estimate of drug-likeness (QED) is 0.184. The minimum Gasteiger partial charge on any atom is -0.335 e. The van der Waals surface area contributed by atoms with Gasteiger partial charge in [-0.3, -0.25) is 19.9 Å². The number of rotatable bonds is 7. The van der Waals surface area contributed by atoms with E-state index in [1.807, 2.05) is 24.3 Å². The van der Waals surface area contributed by atoms with E-state index in [0.29, 0.717) is 44.9 Å². The molecule has 0 radical (unpaired) electrons. The highest BCUT2D eigenvalue weighted by molar-refractivity contribution is 5.98. The third-order valence-electron chi connectivity index (χ3n) is 7.76. The van der Waals surface area contributed by atoms with Gasteiger partial charge in [0.1, 0.15) is 18.1 Å². The summed E-state index contributed by atoms with van der Waals surface area (Å²) >= 11 is 0. The van der Waals surface area contributed by atoms with Crippen LogP contribution in [-0.4, -0.2) is 36.0 Å². The minimum absolute atomic E-state index is 0.0487. The number of halogens is 1. The molecule has 0 saturated heterocycles. The van der Waals surface area contributed by atoms with Crippen LogP contribution in [0.2, 0.25) is 0 Å². The van der Waals surface area contributed by atoms with Gasteiger partial charge in [0.2, 0.25) is 5.91 Å². The van der Waals surface area contributed by atoms with E-state index < -0.39 is 5.82 Å². The molecule has 0 bridgehead atoms. The maximum absolute atomic E-state index is 14.3. The number of hydrogen-bond acceptors (Lipinski definition) is 7. The first-order chi connectivity index (χ1) is 20.6. The maximum atomic E-state index is 14.3. The molecule has 1 fully saturated rings. The van der Waals surface area contributed by atoms with Crippen LogP contribution in [0, 0.1) is 16.6 Å². The summed E-state index contributed by atoms with van der Waals surface area (Å²) in [5.74, 6) is 0.160. The number of H-pyrrole nitrogens is 2. The fraction of sp³-hybridized carbons (Fsp3) is 0.194. The van der Waals surface area contributed by atoms with E-state index in [9.17, 15) is 14.1 Å². The highest BCUT2D eigenvalue weighted by Crippen LogP contribution is 2.34. The van der Waals surface area contributed by atoms with Crippen molar-refractivity contribution in [1.29, 1.82) is 0 Å². The molecule has 10 nitrogen and oxygen atoms in total. The Bertz CT molecular complexity index is 1980. The smallest absolute Gasteiger partial charge is 0.227 e. The fourth-order valence-electron chi connectivity index (χ4n) is 5.70. The summed E-state index contributed by atoms with van der Waals surface area (Å²) < 4.78 is 14.3. The Morgan fingerprint density at radius 2 is 1.81 bits per heavy atom. The Morgan fingerprint density at radius 3 is 2.67 bits per heavy atom. The van der Waals surface area contributed by atoms with Gasteiger partial charge in [-0.2, -0.15) is 10.0 Å². The van der Waals surface area contributed by atoms with Crippen LogP contribution in [0.1, 0.15) is 31.2 Å². The first-order valence-corrected chi connectivity index (χ1v) is 13.7. The van der Waals surface area contributed by atoms with Crippen LogP contribution in [-0.2, 0) is 11.3 Å². The minimum atomic E-state index is -0.471. The molecule has 4 heterocycles. The average molecular weight is 561 g/mol. The number of anilines is 1. The highest BCUT2D eigenvalue weighted by atomic mass is 19.1. The maximum Gasteiger partial charge on any atom is 0.227 e. The van der Waals surface area contributed by atoms with Crippen molar-refractivity contribution in [3.05, 3.63) is 83.5 Å². The van der Waals surface area contributed by atoms with Crippen LogP contribution in [0.4, 0.5) is 10.1 Å². The van der Waals surface area contributed by atoms with Gasteiger partial charge in [0.25, 0.3) is 0 Å². The molecule has 7 rings (SSSR count). The second kappa shape index (κ2) is 10.6. The van der Waals surface area contributed by atoms with Crippen molar-refractivity contribution in [2.24, 2.45) is 11.1 Å². The lowest BCUT2D eigenvalue weighted by atomic mass is 10.0. The number of carbonyl (C=O) groups is 1. The van der Waals surface area contributed by atoms with Gasteiger partial charge < -0.3 is 10.3 Å². The zero-order valence-electron chi connectivity index (χ0n) is 22.4. The first kappa shape index (κ1) is 25.6. The van der Waals surface area contributed by atoms with E-state index in [4.69, 9.17) is 4.98 Å². The zero-order chi connectivity index (χ0) is 28.6. The molecule has 6 aromatic rings. The van der Waals surface area contributed by atoms with Crippen LogP contribution < -0.4 is 5.32 Å². The second-order valence-corrected chi connectivity index (χ2v) is 10.6. The van der Waals surface area contributed by atoms with Crippen LogP contribution in [0.5, 0.6) is 0 Å². The molecule has 0 atom stereocenters. The normalized spacial score (nSPS) is 13.6. The van der Waals surface area contributed by atoms with Crippen molar-refractivity contribution in [2.45, 2.75) is 32.2 Å². The van der Waals surface area contributed by atoms with Gasteiger partial charge in [0.05, 0.1) is 34.6 Å². The molecule has 0 aliphatic heterocycles. The highest BCUT2D eigenvalue weighted by Gasteiger charge is 2.23. The first-order valence-electron chi connectivity index (χ1n) is 13.7. The molecule has 3 N–H and O–H groups in total. The molecule has 208 valence electrons. The molecule has 4 aromatic heterocycles. The van der Waals surface area contributed by atoms with Crippen LogP contribution in [0.25, 0.3) is 55.7 Å². The molecular formula is C31H25FN8O2. The Labute approximate surface area is 238 Å². The summed E-state index contributed by atoms with van der Waals surface area (Å²) in [7, 11) is 0. The number of aromatic amines is 2. The van der Waals surface area contributed by atoms with Crippen molar-refractivity contribution in [3.63, 3.8) is 0 Å². The van der Waals surface area contributed by atoms with Gasteiger partial charge >= 0.3 is 0 Å². The molecule has 1 saturated carbocycles. The number of pyridine rings is 2. The Hall–Kier alpha value is -5.32. The molecule has 1 aliphatic carbocycles. The van der Waals surface area contributed by atoms with Gasteiger partial charge in [0, 0.05) is 34.8 Å². The number of carbonyl (C=O) groups excluding carboxylic acids is 1. The van der Waals surface area contributed by atoms with Crippen molar-refractivity contribution in [2.75, 3.05) is 5.32 Å². The van der Waals surface area contributed by atoms with Gasteiger partial charge in [0.15, 0.2) is 5.82 Å². The topological polar surface area (TPSA) is 142 Å². The van der Waals surface area contributed by atoms with E-state index in [2.05, 4.69) is 35.6 Å². The van der Waals surface area contributed by atoms with E-state index in [1.54, 1.807) is 30.9 Å². The third kappa shape index (κ3) is 4.78. The fourth-order valence-corrected chi connectivity index (χ4v) is 5.70. The van der Waals surface area contributed by atoms with Crippen molar-refractivity contribution >= 4 is 33.5 Å². The summed E-state index contributed by atoms with van der Waals surface area (Å²) in [6.45, 7) is -0.132. The van der Waals surface area contributed by atoms with Gasteiger partial charge in [-0.1, -0.05) is 24.1 Å². The Balaban J connectivity index is 1.24. The molecule has 1 aliphatic rings. The SMILES string of the molecule is O=NCc1cc(F)cc(-c2cncc3[nH]c(-c4n[nH]c5ccc(-c6cncc(NC(=O)C7CCCC7)c6)cc45)nc23)c1.